The summed E-state index contributed by atoms with van der Waals surface area (Å²) < 4.78 is 0.996. The number of rotatable bonds is 5. The van der Waals surface area contributed by atoms with Crippen LogP contribution in [0.25, 0.3) is 0 Å². The summed E-state index contributed by atoms with van der Waals surface area (Å²) in [5, 5.41) is 8.83. The first kappa shape index (κ1) is 13.8. The van der Waals surface area contributed by atoms with Crippen LogP contribution in [0.1, 0.15) is 18.5 Å². The molecule has 0 radical (unpaired) electrons. The largest absolute Gasteiger partial charge is 0.480 e. The van der Waals surface area contributed by atoms with E-state index in [9.17, 15) is 4.79 Å². The quantitative estimate of drug-likeness (QED) is 0.849. The van der Waals surface area contributed by atoms with Gasteiger partial charge < -0.3 is 5.11 Å². The molecule has 90 valence electrons. The monoisotopic (exact) mass is 295 g/mol. The smallest absolute Gasteiger partial charge is 0.317 e. The maximum absolute atomic E-state index is 10.8. The highest BCUT2D eigenvalue weighted by atomic mass is 79.9. The highest BCUT2D eigenvalue weighted by molar-refractivity contribution is 9.10. The highest BCUT2D eigenvalue weighted by Gasteiger charge is 2.17. The van der Waals surface area contributed by atoms with Gasteiger partial charge in [-0.3, -0.25) is 9.69 Å². The van der Waals surface area contributed by atoms with E-state index in [0.717, 1.165) is 10.0 Å². The maximum Gasteiger partial charge on any atom is 0.317 e. The number of halogens is 1. The van der Waals surface area contributed by atoms with Crippen LogP contribution in [-0.2, 0) is 4.79 Å². The molecule has 0 spiro atoms. The predicted molar refractivity (Wildman–Crippen MR) is 70.6 cm³/mol. The fraction of sp³-hybridized carbons (Fsp3) is 0.308. The molecule has 4 heteroatoms. The second-order valence-corrected chi connectivity index (χ2v) is 4.65. The van der Waals surface area contributed by atoms with E-state index in [-0.39, 0.29) is 12.6 Å². The van der Waals surface area contributed by atoms with Gasteiger partial charge >= 0.3 is 5.97 Å². The summed E-state index contributed by atoms with van der Waals surface area (Å²) in [5.74, 6) is 1.62. The first-order valence-electron chi connectivity index (χ1n) is 5.19. The number of carboxylic acid groups (broad SMARTS) is 1. The van der Waals surface area contributed by atoms with Crippen molar-refractivity contribution in [3.63, 3.8) is 0 Å². The number of carbonyl (C=O) groups is 1. The van der Waals surface area contributed by atoms with Crippen LogP contribution in [0.2, 0.25) is 0 Å². The molecule has 0 aliphatic rings. The predicted octanol–water partition coefficient (Wildman–Crippen LogP) is 2.53. The minimum absolute atomic E-state index is 0.0183. The number of aliphatic carboxylic acids is 1. The van der Waals surface area contributed by atoms with Crippen LogP contribution in [0.3, 0.4) is 0 Å². The lowest BCUT2D eigenvalue weighted by Gasteiger charge is -2.25. The lowest BCUT2D eigenvalue weighted by atomic mass is 10.1. The Morgan fingerprint density at radius 3 is 2.59 bits per heavy atom. The molecule has 0 heterocycles. The van der Waals surface area contributed by atoms with Crippen molar-refractivity contribution in [3.8, 4) is 12.3 Å². The van der Waals surface area contributed by atoms with Gasteiger partial charge in [-0.15, -0.1) is 6.42 Å². The molecule has 0 saturated carbocycles. The molecule has 17 heavy (non-hydrogen) atoms. The number of carboxylic acids is 1. The van der Waals surface area contributed by atoms with Gasteiger partial charge in [-0.05, 0) is 24.6 Å². The summed E-state index contributed by atoms with van der Waals surface area (Å²) >= 11 is 3.36. The third kappa shape index (κ3) is 4.22. The van der Waals surface area contributed by atoms with E-state index in [1.165, 1.54) is 0 Å². The van der Waals surface area contributed by atoms with Crippen molar-refractivity contribution < 1.29 is 9.90 Å². The number of terminal acetylenes is 1. The van der Waals surface area contributed by atoms with Crippen LogP contribution in [0, 0.1) is 12.3 Å². The van der Waals surface area contributed by atoms with Crippen molar-refractivity contribution in [1.29, 1.82) is 0 Å². The van der Waals surface area contributed by atoms with E-state index < -0.39 is 5.97 Å². The van der Waals surface area contributed by atoms with Crippen molar-refractivity contribution in [2.45, 2.75) is 13.0 Å². The summed E-state index contributed by atoms with van der Waals surface area (Å²) in [7, 11) is 0. The Balaban J connectivity index is 2.83. The van der Waals surface area contributed by atoms with Crippen LogP contribution in [0.15, 0.2) is 28.7 Å². The molecule has 1 atom stereocenters. The van der Waals surface area contributed by atoms with Crippen molar-refractivity contribution >= 4 is 21.9 Å². The average molecular weight is 296 g/mol. The molecule has 1 rings (SSSR count). The van der Waals surface area contributed by atoms with Crippen molar-refractivity contribution in [3.05, 3.63) is 34.3 Å². The average Bonchev–Trinajstić information content (AvgIpc) is 2.28. The molecule has 1 N–H and O–H groups in total. The third-order valence-electron chi connectivity index (χ3n) is 2.53. The number of hydrogen-bond donors (Lipinski definition) is 1. The van der Waals surface area contributed by atoms with Gasteiger partial charge in [-0.25, -0.2) is 0 Å². The summed E-state index contributed by atoms with van der Waals surface area (Å²) in [6, 6.07) is 7.76. The fourth-order valence-corrected chi connectivity index (χ4v) is 1.84. The van der Waals surface area contributed by atoms with E-state index in [1.807, 2.05) is 31.2 Å². The Labute approximate surface area is 110 Å². The lowest BCUT2D eigenvalue weighted by molar-refractivity contribution is -0.138. The van der Waals surface area contributed by atoms with Crippen LogP contribution in [0.4, 0.5) is 0 Å². The van der Waals surface area contributed by atoms with Gasteiger partial charge in [0.1, 0.15) is 0 Å². The third-order valence-corrected chi connectivity index (χ3v) is 3.06. The number of hydrogen-bond acceptors (Lipinski definition) is 2. The van der Waals surface area contributed by atoms with E-state index in [0.29, 0.717) is 6.54 Å². The van der Waals surface area contributed by atoms with Crippen molar-refractivity contribution in [2.75, 3.05) is 13.1 Å². The van der Waals surface area contributed by atoms with E-state index in [4.69, 9.17) is 11.5 Å². The zero-order valence-electron chi connectivity index (χ0n) is 9.56. The molecule has 3 nitrogen and oxygen atoms in total. The number of benzene rings is 1. The first-order chi connectivity index (χ1) is 8.04. The Kier molecular flexibility index (Phi) is 5.20. The van der Waals surface area contributed by atoms with Gasteiger partial charge in [-0.2, -0.15) is 0 Å². The fourth-order valence-electron chi connectivity index (χ4n) is 1.57. The Hall–Kier alpha value is -1.31. The second-order valence-electron chi connectivity index (χ2n) is 3.73. The van der Waals surface area contributed by atoms with Gasteiger partial charge in [0.25, 0.3) is 0 Å². The van der Waals surface area contributed by atoms with E-state index >= 15 is 0 Å². The minimum atomic E-state index is -0.871. The topological polar surface area (TPSA) is 40.5 Å². The summed E-state index contributed by atoms with van der Waals surface area (Å²) in [5.41, 5.74) is 1.05. The highest BCUT2D eigenvalue weighted by Crippen LogP contribution is 2.21. The molecule has 0 aromatic heterocycles. The van der Waals surface area contributed by atoms with Gasteiger partial charge in [0.2, 0.25) is 0 Å². The molecule has 1 aromatic carbocycles. The van der Waals surface area contributed by atoms with Crippen LogP contribution in [0.5, 0.6) is 0 Å². The Morgan fingerprint density at radius 2 is 2.12 bits per heavy atom. The molecule has 1 unspecified atom stereocenters. The van der Waals surface area contributed by atoms with E-state index in [1.54, 1.807) is 4.90 Å². The summed E-state index contributed by atoms with van der Waals surface area (Å²) in [6.45, 7) is 2.22. The van der Waals surface area contributed by atoms with E-state index in [2.05, 4.69) is 21.9 Å². The van der Waals surface area contributed by atoms with Gasteiger partial charge in [0, 0.05) is 10.5 Å². The summed E-state index contributed by atoms with van der Waals surface area (Å²) in [4.78, 5) is 12.5. The normalized spacial score (nSPS) is 12.1. The van der Waals surface area contributed by atoms with Gasteiger partial charge in [-0.1, -0.05) is 34.0 Å². The van der Waals surface area contributed by atoms with Crippen LogP contribution < -0.4 is 0 Å². The number of nitrogens with zero attached hydrogens (tertiary/aromatic N) is 1. The van der Waals surface area contributed by atoms with Crippen molar-refractivity contribution in [1.82, 2.24) is 4.90 Å². The Morgan fingerprint density at radius 1 is 1.53 bits per heavy atom. The molecular weight excluding hydrogens is 282 g/mol. The molecule has 0 aliphatic heterocycles. The molecule has 0 aliphatic carbocycles. The standard InChI is InChI=1S/C13H14BrNO2/c1-3-8-15(9-13(16)17)10(2)11-4-6-12(14)7-5-11/h1,4-7,10H,8-9H2,2H3,(H,16,17). The molecule has 0 saturated heterocycles. The van der Waals surface area contributed by atoms with Crippen LogP contribution in [-0.4, -0.2) is 29.1 Å². The first-order valence-corrected chi connectivity index (χ1v) is 5.98. The molecule has 1 aromatic rings. The zero-order valence-corrected chi connectivity index (χ0v) is 11.1. The zero-order chi connectivity index (χ0) is 12.8. The molecule has 0 bridgehead atoms. The second kappa shape index (κ2) is 6.43. The van der Waals surface area contributed by atoms with Crippen LogP contribution >= 0.6 is 15.9 Å². The molecule has 0 amide bonds. The van der Waals surface area contributed by atoms with Gasteiger partial charge in [0.05, 0.1) is 13.1 Å². The minimum Gasteiger partial charge on any atom is -0.480 e. The van der Waals surface area contributed by atoms with Gasteiger partial charge in [0.15, 0.2) is 0 Å². The van der Waals surface area contributed by atoms with Crippen molar-refractivity contribution in [2.24, 2.45) is 0 Å². The SMILES string of the molecule is C#CCN(CC(=O)O)C(C)c1ccc(Br)cc1. The summed E-state index contributed by atoms with van der Waals surface area (Å²) in [6.07, 6.45) is 5.25. The lowest BCUT2D eigenvalue weighted by Crippen LogP contribution is -2.32. The Bertz CT molecular complexity index is 422. The molecule has 0 fully saturated rings. The molecular formula is C13H14BrNO2. The maximum atomic E-state index is 10.8.